The minimum atomic E-state index is 0.258. The summed E-state index contributed by atoms with van der Waals surface area (Å²) < 4.78 is 2.09. The first-order valence-corrected chi connectivity index (χ1v) is 8.98. The van der Waals surface area contributed by atoms with Crippen LogP contribution in [0.25, 0.3) is 0 Å². The quantitative estimate of drug-likeness (QED) is 0.671. The maximum atomic E-state index is 5.97. The zero-order valence-electron chi connectivity index (χ0n) is 15.0. The summed E-state index contributed by atoms with van der Waals surface area (Å²) in [4.78, 5) is 0. The molecule has 1 unspecified atom stereocenters. The molecule has 3 rings (SSSR count). The van der Waals surface area contributed by atoms with Crippen LogP contribution in [0.2, 0.25) is 5.02 Å². The van der Waals surface area contributed by atoms with Gasteiger partial charge in [0, 0.05) is 28.9 Å². The summed E-state index contributed by atoms with van der Waals surface area (Å²) >= 11 is 5.97. The van der Waals surface area contributed by atoms with Crippen molar-refractivity contribution in [3.63, 3.8) is 0 Å². The van der Waals surface area contributed by atoms with Crippen molar-refractivity contribution in [2.24, 2.45) is 0 Å². The summed E-state index contributed by atoms with van der Waals surface area (Å²) in [5.41, 5.74) is 6.08. The van der Waals surface area contributed by atoms with Gasteiger partial charge in [0.15, 0.2) is 0 Å². The molecular formula is C21H24ClN3. The van der Waals surface area contributed by atoms with E-state index in [0.29, 0.717) is 0 Å². The summed E-state index contributed by atoms with van der Waals surface area (Å²) in [6, 6.07) is 18.7. The van der Waals surface area contributed by atoms with E-state index >= 15 is 0 Å². The van der Waals surface area contributed by atoms with Gasteiger partial charge >= 0.3 is 0 Å². The minimum Gasteiger partial charge on any atom is -0.306 e. The normalized spacial score (nSPS) is 12.3. The van der Waals surface area contributed by atoms with Gasteiger partial charge in [-0.3, -0.25) is 4.68 Å². The van der Waals surface area contributed by atoms with Gasteiger partial charge in [0.05, 0.1) is 12.2 Å². The fourth-order valence-electron chi connectivity index (χ4n) is 3.02. The number of aromatic nitrogens is 2. The molecule has 0 fully saturated rings. The monoisotopic (exact) mass is 353 g/mol. The predicted octanol–water partition coefficient (Wildman–Crippen LogP) is 5.05. The van der Waals surface area contributed by atoms with E-state index < -0.39 is 0 Å². The van der Waals surface area contributed by atoms with Crippen molar-refractivity contribution >= 4 is 11.6 Å². The lowest BCUT2D eigenvalue weighted by atomic mass is 10.1. The molecule has 3 aromatic rings. The minimum absolute atomic E-state index is 0.258. The Morgan fingerprint density at radius 3 is 2.40 bits per heavy atom. The predicted molar refractivity (Wildman–Crippen MR) is 104 cm³/mol. The molecule has 2 aromatic carbocycles. The molecular weight excluding hydrogens is 330 g/mol. The van der Waals surface area contributed by atoms with Crippen molar-refractivity contribution in [1.29, 1.82) is 0 Å². The SMILES string of the molecule is Cc1nn(Cc2ccccc2)c(C)c1CNC(C)c1ccc(Cl)cc1. The second kappa shape index (κ2) is 7.85. The molecule has 1 atom stereocenters. The van der Waals surface area contributed by atoms with Gasteiger partial charge in [0.1, 0.15) is 0 Å². The molecule has 0 aliphatic heterocycles. The lowest BCUT2D eigenvalue weighted by Crippen LogP contribution is -2.19. The Balaban J connectivity index is 1.69. The highest BCUT2D eigenvalue weighted by atomic mass is 35.5. The second-order valence-electron chi connectivity index (χ2n) is 6.45. The van der Waals surface area contributed by atoms with Crippen molar-refractivity contribution < 1.29 is 0 Å². The molecule has 1 aromatic heterocycles. The first kappa shape index (κ1) is 17.7. The molecule has 1 N–H and O–H groups in total. The Kier molecular flexibility index (Phi) is 5.57. The summed E-state index contributed by atoms with van der Waals surface area (Å²) in [6.07, 6.45) is 0. The Bertz CT molecular complexity index is 822. The Labute approximate surface area is 154 Å². The number of rotatable bonds is 6. The smallest absolute Gasteiger partial charge is 0.0662 e. The van der Waals surface area contributed by atoms with E-state index in [1.54, 1.807) is 0 Å². The fraction of sp³-hybridized carbons (Fsp3) is 0.286. The van der Waals surface area contributed by atoms with Crippen molar-refractivity contribution in [3.8, 4) is 0 Å². The number of halogens is 1. The summed E-state index contributed by atoms with van der Waals surface area (Å²) in [6.45, 7) is 8.00. The van der Waals surface area contributed by atoms with Crippen LogP contribution in [0.3, 0.4) is 0 Å². The average Bonchev–Trinajstić information content (AvgIpc) is 2.88. The van der Waals surface area contributed by atoms with Crippen LogP contribution in [0.4, 0.5) is 0 Å². The standard InChI is InChI=1S/C21H24ClN3/c1-15(19-9-11-20(22)12-10-19)23-13-21-16(2)24-25(17(21)3)14-18-7-5-4-6-8-18/h4-12,15,23H,13-14H2,1-3H3. The summed E-state index contributed by atoms with van der Waals surface area (Å²) in [5, 5.41) is 9.09. The van der Waals surface area contributed by atoms with Crippen LogP contribution < -0.4 is 5.32 Å². The van der Waals surface area contributed by atoms with Crippen molar-refractivity contribution in [3.05, 3.63) is 87.7 Å². The van der Waals surface area contributed by atoms with Crippen LogP contribution in [0.1, 0.15) is 41.0 Å². The molecule has 4 heteroatoms. The van der Waals surface area contributed by atoms with Gasteiger partial charge in [-0.2, -0.15) is 5.10 Å². The number of benzene rings is 2. The van der Waals surface area contributed by atoms with Crippen LogP contribution >= 0.6 is 11.6 Å². The van der Waals surface area contributed by atoms with E-state index in [1.807, 2.05) is 18.2 Å². The zero-order valence-corrected chi connectivity index (χ0v) is 15.7. The largest absolute Gasteiger partial charge is 0.306 e. The third kappa shape index (κ3) is 4.30. The van der Waals surface area contributed by atoms with E-state index in [4.69, 9.17) is 16.7 Å². The molecule has 25 heavy (non-hydrogen) atoms. The van der Waals surface area contributed by atoms with E-state index in [1.165, 1.54) is 22.4 Å². The number of nitrogens with one attached hydrogen (secondary N) is 1. The Hall–Kier alpha value is -2.10. The molecule has 0 amide bonds. The third-order valence-corrected chi connectivity index (χ3v) is 4.91. The first-order valence-electron chi connectivity index (χ1n) is 8.60. The number of hydrogen-bond donors (Lipinski definition) is 1. The fourth-order valence-corrected chi connectivity index (χ4v) is 3.15. The van der Waals surface area contributed by atoms with Crippen LogP contribution in [-0.2, 0) is 13.1 Å². The molecule has 3 nitrogen and oxygen atoms in total. The molecule has 0 aliphatic carbocycles. The molecule has 0 aliphatic rings. The highest BCUT2D eigenvalue weighted by molar-refractivity contribution is 6.30. The van der Waals surface area contributed by atoms with Crippen LogP contribution in [-0.4, -0.2) is 9.78 Å². The Morgan fingerprint density at radius 1 is 1.04 bits per heavy atom. The van der Waals surface area contributed by atoms with E-state index in [-0.39, 0.29) is 6.04 Å². The van der Waals surface area contributed by atoms with Crippen molar-refractivity contribution in [1.82, 2.24) is 15.1 Å². The van der Waals surface area contributed by atoms with Crippen LogP contribution in [0, 0.1) is 13.8 Å². The molecule has 0 spiro atoms. The van der Waals surface area contributed by atoms with Crippen LogP contribution in [0.5, 0.6) is 0 Å². The molecule has 130 valence electrons. The molecule has 0 bridgehead atoms. The topological polar surface area (TPSA) is 29.9 Å². The van der Waals surface area contributed by atoms with Gasteiger partial charge in [-0.05, 0) is 44.0 Å². The average molecular weight is 354 g/mol. The second-order valence-corrected chi connectivity index (χ2v) is 6.88. The van der Waals surface area contributed by atoms with Crippen LogP contribution in [0.15, 0.2) is 54.6 Å². The maximum Gasteiger partial charge on any atom is 0.0662 e. The molecule has 0 saturated carbocycles. The van der Waals surface area contributed by atoms with E-state index in [2.05, 4.69) is 67.2 Å². The number of aryl methyl sites for hydroxylation is 1. The van der Waals surface area contributed by atoms with Gasteiger partial charge in [0.2, 0.25) is 0 Å². The summed E-state index contributed by atoms with van der Waals surface area (Å²) in [5.74, 6) is 0. The Morgan fingerprint density at radius 2 is 1.72 bits per heavy atom. The lowest BCUT2D eigenvalue weighted by molar-refractivity contribution is 0.571. The number of nitrogens with zero attached hydrogens (tertiary/aromatic N) is 2. The molecule has 0 saturated heterocycles. The number of hydrogen-bond acceptors (Lipinski definition) is 2. The van der Waals surface area contributed by atoms with Gasteiger partial charge < -0.3 is 5.32 Å². The highest BCUT2D eigenvalue weighted by Gasteiger charge is 2.13. The summed E-state index contributed by atoms with van der Waals surface area (Å²) in [7, 11) is 0. The van der Waals surface area contributed by atoms with Gasteiger partial charge in [-0.15, -0.1) is 0 Å². The molecule has 0 radical (unpaired) electrons. The first-order chi connectivity index (χ1) is 12.0. The van der Waals surface area contributed by atoms with Gasteiger partial charge in [-0.25, -0.2) is 0 Å². The van der Waals surface area contributed by atoms with Crippen molar-refractivity contribution in [2.45, 2.75) is 39.9 Å². The highest BCUT2D eigenvalue weighted by Crippen LogP contribution is 2.19. The zero-order chi connectivity index (χ0) is 17.8. The van der Waals surface area contributed by atoms with Gasteiger partial charge in [0.25, 0.3) is 0 Å². The lowest BCUT2D eigenvalue weighted by Gasteiger charge is -2.15. The van der Waals surface area contributed by atoms with E-state index in [9.17, 15) is 0 Å². The third-order valence-electron chi connectivity index (χ3n) is 4.66. The van der Waals surface area contributed by atoms with Gasteiger partial charge in [-0.1, -0.05) is 54.1 Å². The van der Waals surface area contributed by atoms with E-state index in [0.717, 1.165) is 23.8 Å². The van der Waals surface area contributed by atoms with Crippen molar-refractivity contribution in [2.75, 3.05) is 0 Å². The maximum absolute atomic E-state index is 5.97. The molecule has 1 heterocycles.